The molecule has 1 aromatic heterocycles. The van der Waals surface area contributed by atoms with E-state index < -0.39 is 0 Å². The Morgan fingerprint density at radius 2 is 1.97 bits per heavy atom. The summed E-state index contributed by atoms with van der Waals surface area (Å²) in [5.74, 6) is 1.16. The molecule has 7 nitrogen and oxygen atoms in total. The number of benzene rings is 1. The lowest BCUT2D eigenvalue weighted by Crippen LogP contribution is -2.36. The van der Waals surface area contributed by atoms with E-state index in [9.17, 15) is 4.79 Å². The van der Waals surface area contributed by atoms with Gasteiger partial charge in [-0.3, -0.25) is 4.99 Å². The molecular formula is C21H31IN6OS. The van der Waals surface area contributed by atoms with Gasteiger partial charge >= 0.3 is 6.03 Å². The van der Waals surface area contributed by atoms with Crippen LogP contribution in [0, 0.1) is 0 Å². The highest BCUT2D eigenvalue weighted by atomic mass is 127. The third-order valence-corrected chi connectivity index (χ3v) is 5.69. The van der Waals surface area contributed by atoms with Crippen molar-refractivity contribution >= 4 is 53.0 Å². The van der Waals surface area contributed by atoms with Crippen LogP contribution in [-0.4, -0.2) is 42.0 Å². The highest BCUT2D eigenvalue weighted by molar-refractivity contribution is 14.0. The van der Waals surface area contributed by atoms with E-state index >= 15 is 0 Å². The fourth-order valence-corrected chi connectivity index (χ4v) is 4.01. The Kier molecular flexibility index (Phi) is 9.83. The van der Waals surface area contributed by atoms with Crippen LogP contribution in [0.4, 0.5) is 10.5 Å². The minimum atomic E-state index is -0.0192. The molecule has 2 aromatic rings. The monoisotopic (exact) mass is 542 g/mol. The first-order valence-electron chi connectivity index (χ1n) is 10.1. The van der Waals surface area contributed by atoms with Crippen molar-refractivity contribution in [1.82, 2.24) is 20.5 Å². The Balaban J connectivity index is 0.00000320. The average Bonchev–Trinajstić information content (AvgIpc) is 3.41. The number of rotatable bonds is 6. The highest BCUT2D eigenvalue weighted by Crippen LogP contribution is 2.17. The average molecular weight is 542 g/mol. The van der Waals surface area contributed by atoms with E-state index in [-0.39, 0.29) is 30.0 Å². The third kappa shape index (κ3) is 7.12. The zero-order chi connectivity index (χ0) is 20.6. The number of aromatic nitrogens is 1. The molecule has 0 atom stereocenters. The Hall–Kier alpha value is -1.88. The van der Waals surface area contributed by atoms with Crippen LogP contribution < -0.4 is 16.0 Å². The van der Waals surface area contributed by atoms with Gasteiger partial charge in [-0.2, -0.15) is 0 Å². The summed E-state index contributed by atoms with van der Waals surface area (Å²) in [6, 6.07) is 7.87. The molecule has 1 fully saturated rings. The van der Waals surface area contributed by atoms with E-state index in [1.807, 2.05) is 29.2 Å². The summed E-state index contributed by atoms with van der Waals surface area (Å²) < 4.78 is 0. The summed E-state index contributed by atoms with van der Waals surface area (Å²) in [7, 11) is 1.75. The molecule has 30 heavy (non-hydrogen) atoms. The first-order chi connectivity index (χ1) is 14.0. The number of halogens is 1. The number of carbonyl (C=O) groups is 1. The maximum absolute atomic E-state index is 12.3. The van der Waals surface area contributed by atoms with Gasteiger partial charge in [0.25, 0.3) is 0 Å². The number of nitrogens with one attached hydrogen (secondary N) is 3. The van der Waals surface area contributed by atoms with Gasteiger partial charge in [0.15, 0.2) is 5.96 Å². The number of hydrogen-bond acceptors (Lipinski definition) is 4. The lowest BCUT2D eigenvalue weighted by atomic mass is 10.2. The van der Waals surface area contributed by atoms with Crippen molar-refractivity contribution in [2.45, 2.75) is 45.7 Å². The quantitative estimate of drug-likeness (QED) is 0.288. The fraction of sp³-hybridized carbons (Fsp3) is 0.476. The van der Waals surface area contributed by atoms with E-state index in [2.05, 4.69) is 45.2 Å². The van der Waals surface area contributed by atoms with Crippen LogP contribution >= 0.6 is 35.3 Å². The SMILES string of the molecule is CN=C(NCc1cccc(NC(=O)N2CCCC2)c1)NCc1nc(C(C)C)cs1.I. The predicted molar refractivity (Wildman–Crippen MR) is 135 cm³/mol. The normalized spacial score (nSPS) is 13.9. The summed E-state index contributed by atoms with van der Waals surface area (Å²) >= 11 is 1.66. The number of aliphatic imine (C=N–C) groups is 1. The molecule has 0 radical (unpaired) electrons. The number of thiazole rings is 1. The molecule has 2 heterocycles. The number of likely N-dealkylation sites (tertiary alicyclic amines) is 1. The zero-order valence-electron chi connectivity index (χ0n) is 17.8. The Labute approximate surface area is 199 Å². The second-order valence-electron chi connectivity index (χ2n) is 7.42. The van der Waals surface area contributed by atoms with Crippen LogP contribution in [-0.2, 0) is 13.1 Å². The number of hydrogen-bond donors (Lipinski definition) is 3. The highest BCUT2D eigenvalue weighted by Gasteiger charge is 2.17. The standard InChI is InChI=1S/C21H30N6OS.HI/c1-15(2)18-14-29-19(26-18)13-24-20(22-3)23-12-16-7-6-8-17(11-16)25-21(28)27-9-4-5-10-27;/h6-8,11,14-15H,4-5,9-10,12-13H2,1-3H3,(H,25,28)(H2,22,23,24);1H. The molecule has 3 N–H and O–H groups in total. The third-order valence-electron chi connectivity index (χ3n) is 4.82. The Morgan fingerprint density at radius 3 is 2.63 bits per heavy atom. The molecule has 0 spiro atoms. The summed E-state index contributed by atoms with van der Waals surface area (Å²) in [4.78, 5) is 23.0. The first-order valence-corrected chi connectivity index (χ1v) is 11.0. The molecule has 0 aliphatic carbocycles. The predicted octanol–water partition coefficient (Wildman–Crippen LogP) is 4.38. The molecule has 1 aliphatic rings. The number of anilines is 1. The Bertz CT molecular complexity index is 848. The lowest BCUT2D eigenvalue weighted by Gasteiger charge is -2.17. The second kappa shape index (κ2) is 12.1. The smallest absolute Gasteiger partial charge is 0.321 e. The maximum atomic E-state index is 12.3. The molecule has 0 saturated carbocycles. The van der Waals surface area contributed by atoms with Gasteiger partial charge in [-0.1, -0.05) is 26.0 Å². The molecule has 2 amide bonds. The molecular weight excluding hydrogens is 511 g/mol. The van der Waals surface area contributed by atoms with Gasteiger partial charge < -0.3 is 20.9 Å². The van der Waals surface area contributed by atoms with Crippen LogP contribution in [0.25, 0.3) is 0 Å². The summed E-state index contributed by atoms with van der Waals surface area (Å²) in [6.45, 7) is 7.23. The van der Waals surface area contributed by atoms with Gasteiger partial charge in [0.2, 0.25) is 0 Å². The number of urea groups is 1. The number of nitrogens with zero attached hydrogens (tertiary/aromatic N) is 3. The molecule has 3 rings (SSSR count). The van der Waals surface area contributed by atoms with Crippen molar-refractivity contribution in [3.05, 3.63) is 45.9 Å². The van der Waals surface area contributed by atoms with Gasteiger partial charge in [-0.25, -0.2) is 9.78 Å². The van der Waals surface area contributed by atoms with Crippen molar-refractivity contribution in [3.8, 4) is 0 Å². The molecule has 164 valence electrons. The van der Waals surface area contributed by atoms with Gasteiger partial charge in [-0.05, 0) is 36.5 Å². The van der Waals surface area contributed by atoms with Crippen LogP contribution in [0.2, 0.25) is 0 Å². The van der Waals surface area contributed by atoms with Gasteiger partial charge in [0.05, 0.1) is 12.2 Å². The maximum Gasteiger partial charge on any atom is 0.321 e. The second-order valence-corrected chi connectivity index (χ2v) is 8.37. The van der Waals surface area contributed by atoms with E-state index in [0.29, 0.717) is 19.0 Å². The minimum Gasteiger partial charge on any atom is -0.352 e. The van der Waals surface area contributed by atoms with Crippen molar-refractivity contribution in [2.24, 2.45) is 4.99 Å². The largest absolute Gasteiger partial charge is 0.352 e. The van der Waals surface area contributed by atoms with E-state index in [4.69, 9.17) is 0 Å². The topological polar surface area (TPSA) is 81.7 Å². The Morgan fingerprint density at radius 1 is 1.23 bits per heavy atom. The number of amides is 2. The number of guanidine groups is 1. The van der Waals surface area contributed by atoms with Crippen LogP contribution in [0.15, 0.2) is 34.6 Å². The van der Waals surface area contributed by atoms with Crippen molar-refractivity contribution in [2.75, 3.05) is 25.5 Å². The minimum absolute atomic E-state index is 0. The van der Waals surface area contributed by atoms with Crippen molar-refractivity contribution < 1.29 is 4.79 Å². The molecule has 0 unspecified atom stereocenters. The van der Waals surface area contributed by atoms with Crippen molar-refractivity contribution in [3.63, 3.8) is 0 Å². The summed E-state index contributed by atoms with van der Waals surface area (Å²) in [6.07, 6.45) is 2.17. The van der Waals surface area contributed by atoms with E-state index in [1.54, 1.807) is 18.4 Å². The molecule has 0 bridgehead atoms. The van der Waals surface area contributed by atoms with Crippen LogP contribution in [0.1, 0.15) is 48.9 Å². The summed E-state index contributed by atoms with van der Waals surface area (Å²) in [5.41, 5.74) is 3.01. The molecule has 1 aliphatic heterocycles. The first kappa shape index (κ1) is 24.4. The molecule has 9 heteroatoms. The van der Waals surface area contributed by atoms with E-state index in [0.717, 1.165) is 53.8 Å². The van der Waals surface area contributed by atoms with Crippen LogP contribution in [0.5, 0.6) is 0 Å². The lowest BCUT2D eigenvalue weighted by molar-refractivity contribution is 0.222. The summed E-state index contributed by atoms with van der Waals surface area (Å²) in [5, 5.41) is 12.8. The van der Waals surface area contributed by atoms with E-state index in [1.165, 1.54) is 0 Å². The van der Waals surface area contributed by atoms with Crippen molar-refractivity contribution in [1.29, 1.82) is 0 Å². The molecule has 1 aromatic carbocycles. The van der Waals surface area contributed by atoms with Gasteiger partial charge in [0.1, 0.15) is 5.01 Å². The van der Waals surface area contributed by atoms with Gasteiger partial charge in [0, 0.05) is 37.7 Å². The zero-order valence-corrected chi connectivity index (χ0v) is 20.9. The fourth-order valence-electron chi connectivity index (χ4n) is 3.12. The molecule has 1 saturated heterocycles. The van der Waals surface area contributed by atoms with Crippen LogP contribution in [0.3, 0.4) is 0 Å². The van der Waals surface area contributed by atoms with Gasteiger partial charge in [-0.15, -0.1) is 35.3 Å². The number of carbonyl (C=O) groups excluding carboxylic acids is 1.